The van der Waals surface area contributed by atoms with Crippen LogP contribution in [0.15, 0.2) is 41.3 Å². The van der Waals surface area contributed by atoms with Crippen molar-refractivity contribution in [2.24, 2.45) is 0 Å². The molecular formula is C17H23N3O. The number of pyridine rings is 1. The third kappa shape index (κ3) is 3.64. The lowest BCUT2D eigenvalue weighted by Gasteiger charge is -2.26. The normalized spacial score (nSPS) is 14.3. The van der Waals surface area contributed by atoms with Crippen LogP contribution in [-0.2, 0) is 13.1 Å². The highest BCUT2D eigenvalue weighted by molar-refractivity contribution is 5.54. The number of rotatable bonds is 8. The predicted molar refractivity (Wildman–Crippen MR) is 84.1 cm³/mol. The molecule has 0 atom stereocenters. The van der Waals surface area contributed by atoms with E-state index < -0.39 is 0 Å². The number of furan rings is 1. The molecule has 4 nitrogen and oxygen atoms in total. The summed E-state index contributed by atoms with van der Waals surface area (Å²) in [5.74, 6) is 1.02. The van der Waals surface area contributed by atoms with E-state index in [4.69, 9.17) is 4.42 Å². The molecule has 0 unspecified atom stereocenters. The molecule has 0 saturated heterocycles. The minimum atomic E-state index is 0.641. The Morgan fingerprint density at radius 1 is 1.38 bits per heavy atom. The molecule has 0 aromatic carbocycles. The van der Waals surface area contributed by atoms with E-state index in [-0.39, 0.29) is 0 Å². The predicted octanol–water partition coefficient (Wildman–Crippen LogP) is 3.34. The van der Waals surface area contributed by atoms with Gasteiger partial charge in [0, 0.05) is 36.2 Å². The van der Waals surface area contributed by atoms with Crippen LogP contribution in [-0.4, -0.2) is 17.6 Å². The van der Waals surface area contributed by atoms with E-state index in [0.717, 1.165) is 31.8 Å². The molecule has 3 rings (SSSR count). The van der Waals surface area contributed by atoms with Crippen LogP contribution in [0.2, 0.25) is 0 Å². The van der Waals surface area contributed by atoms with E-state index >= 15 is 0 Å². The third-order valence-corrected chi connectivity index (χ3v) is 3.82. The summed E-state index contributed by atoms with van der Waals surface area (Å²) >= 11 is 0. The van der Waals surface area contributed by atoms with Crippen molar-refractivity contribution in [2.45, 2.75) is 45.3 Å². The van der Waals surface area contributed by atoms with E-state index in [1.54, 1.807) is 6.26 Å². The lowest BCUT2D eigenvalue weighted by Crippen LogP contribution is -2.27. The fraction of sp³-hybridized carbons (Fsp3) is 0.471. The molecule has 2 aromatic heterocycles. The molecule has 1 fully saturated rings. The summed E-state index contributed by atoms with van der Waals surface area (Å²) in [7, 11) is 0. The molecule has 2 heterocycles. The third-order valence-electron chi connectivity index (χ3n) is 3.82. The first kappa shape index (κ1) is 14.1. The van der Waals surface area contributed by atoms with Crippen molar-refractivity contribution in [1.29, 1.82) is 0 Å². The second kappa shape index (κ2) is 6.76. The zero-order valence-electron chi connectivity index (χ0n) is 12.6. The van der Waals surface area contributed by atoms with Crippen LogP contribution in [0.1, 0.15) is 37.5 Å². The van der Waals surface area contributed by atoms with Crippen LogP contribution in [0, 0.1) is 0 Å². The molecule has 0 spiro atoms. The van der Waals surface area contributed by atoms with E-state index in [9.17, 15) is 0 Å². The van der Waals surface area contributed by atoms with Crippen LogP contribution in [0.25, 0.3) is 0 Å². The van der Waals surface area contributed by atoms with Crippen LogP contribution in [0.5, 0.6) is 0 Å². The molecule has 0 bridgehead atoms. The maximum Gasteiger partial charge on any atom is 0.123 e. The van der Waals surface area contributed by atoms with E-state index in [1.807, 2.05) is 24.5 Å². The molecule has 0 radical (unpaired) electrons. The van der Waals surface area contributed by atoms with Gasteiger partial charge in [0.2, 0.25) is 0 Å². The molecule has 1 aliphatic carbocycles. The molecule has 2 aromatic rings. The number of nitrogens with one attached hydrogen (secondary N) is 1. The van der Waals surface area contributed by atoms with Crippen LogP contribution >= 0.6 is 0 Å². The highest BCUT2D eigenvalue weighted by atomic mass is 16.3. The van der Waals surface area contributed by atoms with E-state index in [1.165, 1.54) is 24.1 Å². The first-order valence-electron chi connectivity index (χ1n) is 7.81. The second-order valence-corrected chi connectivity index (χ2v) is 5.62. The summed E-state index contributed by atoms with van der Waals surface area (Å²) in [4.78, 5) is 6.75. The van der Waals surface area contributed by atoms with Crippen LogP contribution < -0.4 is 10.2 Å². The van der Waals surface area contributed by atoms with Gasteiger partial charge in [-0.1, -0.05) is 6.92 Å². The highest BCUT2D eigenvalue weighted by Gasteiger charge is 2.30. The smallest absolute Gasteiger partial charge is 0.123 e. The number of anilines is 1. The summed E-state index contributed by atoms with van der Waals surface area (Å²) in [6.45, 7) is 4.93. The fourth-order valence-electron chi connectivity index (χ4n) is 2.60. The van der Waals surface area contributed by atoms with Gasteiger partial charge < -0.3 is 14.6 Å². The van der Waals surface area contributed by atoms with Gasteiger partial charge in [0.05, 0.1) is 12.8 Å². The Hall–Kier alpha value is -1.81. The molecule has 0 aliphatic heterocycles. The Morgan fingerprint density at radius 2 is 2.29 bits per heavy atom. The van der Waals surface area contributed by atoms with Crippen molar-refractivity contribution in [3.8, 4) is 0 Å². The quantitative estimate of drug-likeness (QED) is 0.755. The van der Waals surface area contributed by atoms with Gasteiger partial charge in [0.1, 0.15) is 5.76 Å². The maximum atomic E-state index is 5.53. The van der Waals surface area contributed by atoms with Gasteiger partial charge in [-0.25, -0.2) is 0 Å². The van der Waals surface area contributed by atoms with E-state index in [2.05, 4.69) is 28.2 Å². The van der Waals surface area contributed by atoms with Crippen molar-refractivity contribution >= 4 is 5.69 Å². The monoisotopic (exact) mass is 285 g/mol. The lowest BCUT2D eigenvalue weighted by atomic mass is 10.2. The Morgan fingerprint density at radius 3 is 3.00 bits per heavy atom. The SMILES string of the molecule is CCCNCc1cnccc1N(Cc1ccco1)C1CC1. The van der Waals surface area contributed by atoms with Crippen molar-refractivity contribution in [1.82, 2.24) is 10.3 Å². The van der Waals surface area contributed by atoms with Gasteiger partial charge in [-0.05, 0) is 44.0 Å². The number of hydrogen-bond acceptors (Lipinski definition) is 4. The Balaban J connectivity index is 1.78. The van der Waals surface area contributed by atoms with Gasteiger partial charge in [0.25, 0.3) is 0 Å². The topological polar surface area (TPSA) is 41.3 Å². The first-order valence-corrected chi connectivity index (χ1v) is 7.81. The lowest BCUT2D eigenvalue weighted by molar-refractivity contribution is 0.500. The molecule has 112 valence electrons. The Kier molecular flexibility index (Phi) is 4.55. The van der Waals surface area contributed by atoms with Crippen molar-refractivity contribution in [3.05, 3.63) is 48.2 Å². The van der Waals surface area contributed by atoms with Crippen LogP contribution in [0.3, 0.4) is 0 Å². The summed E-state index contributed by atoms with van der Waals surface area (Å²) in [5, 5.41) is 3.47. The molecule has 21 heavy (non-hydrogen) atoms. The Labute approximate surface area is 126 Å². The van der Waals surface area contributed by atoms with Crippen LogP contribution in [0.4, 0.5) is 5.69 Å². The average Bonchev–Trinajstić information content (AvgIpc) is 3.22. The fourth-order valence-corrected chi connectivity index (χ4v) is 2.60. The van der Waals surface area contributed by atoms with Crippen molar-refractivity contribution < 1.29 is 4.42 Å². The van der Waals surface area contributed by atoms with Gasteiger partial charge in [0.15, 0.2) is 0 Å². The number of nitrogens with zero attached hydrogens (tertiary/aromatic N) is 2. The summed E-state index contributed by atoms with van der Waals surface area (Å²) in [6, 6.07) is 6.77. The second-order valence-electron chi connectivity index (χ2n) is 5.62. The molecule has 0 amide bonds. The molecule has 4 heteroatoms. The van der Waals surface area contributed by atoms with Gasteiger partial charge >= 0.3 is 0 Å². The average molecular weight is 285 g/mol. The van der Waals surface area contributed by atoms with Gasteiger partial charge in [-0.3, -0.25) is 4.98 Å². The first-order chi connectivity index (χ1) is 10.4. The number of hydrogen-bond donors (Lipinski definition) is 1. The number of aromatic nitrogens is 1. The minimum absolute atomic E-state index is 0.641. The summed E-state index contributed by atoms with van der Waals surface area (Å²) in [5.41, 5.74) is 2.55. The zero-order valence-corrected chi connectivity index (χ0v) is 12.6. The van der Waals surface area contributed by atoms with Gasteiger partial charge in [-0.2, -0.15) is 0 Å². The van der Waals surface area contributed by atoms with Crippen molar-refractivity contribution in [3.63, 3.8) is 0 Å². The summed E-state index contributed by atoms with van der Waals surface area (Å²) in [6.07, 6.45) is 9.30. The van der Waals surface area contributed by atoms with E-state index in [0.29, 0.717) is 6.04 Å². The molecule has 1 N–H and O–H groups in total. The van der Waals surface area contributed by atoms with Gasteiger partial charge in [-0.15, -0.1) is 0 Å². The molecule has 1 saturated carbocycles. The summed E-state index contributed by atoms with van der Waals surface area (Å²) < 4.78 is 5.53. The minimum Gasteiger partial charge on any atom is -0.467 e. The molecular weight excluding hydrogens is 262 g/mol. The largest absolute Gasteiger partial charge is 0.467 e. The standard InChI is InChI=1S/C17H23N3O/c1-2-8-18-11-14-12-19-9-7-17(14)20(15-5-6-15)13-16-4-3-10-21-16/h3-4,7,9-10,12,15,18H,2,5-6,8,11,13H2,1H3. The maximum absolute atomic E-state index is 5.53. The zero-order chi connectivity index (χ0) is 14.5. The van der Waals surface area contributed by atoms with Crippen molar-refractivity contribution in [2.75, 3.05) is 11.4 Å². The molecule has 1 aliphatic rings. The Bertz CT molecular complexity index is 549. The highest BCUT2D eigenvalue weighted by Crippen LogP contribution is 2.34.